The van der Waals surface area contributed by atoms with Crippen LogP contribution in [0.1, 0.15) is 12.5 Å². The van der Waals surface area contributed by atoms with Crippen LogP contribution in [0.3, 0.4) is 0 Å². The quantitative estimate of drug-likeness (QED) is 0.629. The first-order valence-electron chi connectivity index (χ1n) is 7.25. The lowest BCUT2D eigenvalue weighted by Crippen LogP contribution is -2.47. The minimum atomic E-state index is -4.57. The zero-order chi connectivity index (χ0) is 18.8. The molecule has 0 bridgehead atoms. The van der Waals surface area contributed by atoms with E-state index < -0.39 is 29.6 Å². The summed E-state index contributed by atoms with van der Waals surface area (Å²) >= 11 is 0. The summed E-state index contributed by atoms with van der Waals surface area (Å²) in [5.41, 5.74) is 1.24. The Labute approximate surface area is 140 Å². The lowest BCUT2D eigenvalue weighted by Gasteiger charge is -2.24. The molecule has 1 aromatic carbocycles. The Bertz CT molecular complexity index is 708. The van der Waals surface area contributed by atoms with Crippen molar-refractivity contribution in [2.45, 2.75) is 25.6 Å². The number of fused-ring (bicyclic) bond motifs is 1. The molecule has 2 N–H and O–H groups in total. The Balaban J connectivity index is 1.98. The van der Waals surface area contributed by atoms with Crippen LogP contribution in [0.15, 0.2) is 18.2 Å². The van der Waals surface area contributed by atoms with Crippen molar-refractivity contribution in [1.29, 1.82) is 0 Å². The van der Waals surface area contributed by atoms with Crippen molar-refractivity contribution in [3.05, 3.63) is 33.9 Å². The Morgan fingerprint density at radius 2 is 2.08 bits per heavy atom. The van der Waals surface area contributed by atoms with E-state index in [0.29, 0.717) is 17.7 Å². The number of non-ortho nitro benzene ring substituents is 1. The number of benzene rings is 1. The van der Waals surface area contributed by atoms with Crippen LogP contribution < -0.4 is 15.5 Å². The van der Waals surface area contributed by atoms with E-state index in [9.17, 15) is 32.9 Å². The third-order valence-electron chi connectivity index (χ3n) is 3.65. The first-order chi connectivity index (χ1) is 11.6. The number of nitrogens with one attached hydrogen (secondary N) is 2. The highest BCUT2D eigenvalue weighted by Crippen LogP contribution is 2.34. The molecule has 0 saturated heterocycles. The summed E-state index contributed by atoms with van der Waals surface area (Å²) < 4.78 is 36.0. The predicted octanol–water partition coefficient (Wildman–Crippen LogP) is 1.73. The molecule has 1 aromatic rings. The van der Waals surface area contributed by atoms with Crippen molar-refractivity contribution in [3.8, 4) is 0 Å². The Morgan fingerprint density at radius 3 is 2.68 bits per heavy atom. The fourth-order valence-electron chi connectivity index (χ4n) is 2.58. The molecule has 0 aliphatic carbocycles. The van der Waals surface area contributed by atoms with Gasteiger partial charge >= 0.3 is 12.2 Å². The van der Waals surface area contributed by atoms with E-state index in [1.54, 1.807) is 11.8 Å². The molecule has 0 fully saturated rings. The molecule has 25 heavy (non-hydrogen) atoms. The maximum atomic E-state index is 12.0. The summed E-state index contributed by atoms with van der Waals surface area (Å²) in [4.78, 5) is 35.1. The fraction of sp³-hybridized carbons (Fsp3) is 0.429. The number of hydrogen-bond acceptors (Lipinski definition) is 5. The van der Waals surface area contributed by atoms with Gasteiger partial charge < -0.3 is 10.2 Å². The summed E-state index contributed by atoms with van der Waals surface area (Å²) in [7, 11) is 0. The topological polar surface area (TPSA) is 105 Å². The first-order valence-corrected chi connectivity index (χ1v) is 7.25. The van der Waals surface area contributed by atoms with Crippen LogP contribution in [-0.4, -0.2) is 42.2 Å². The van der Waals surface area contributed by atoms with Crippen molar-refractivity contribution < 1.29 is 27.7 Å². The molecule has 0 spiro atoms. The Morgan fingerprint density at radius 1 is 1.40 bits per heavy atom. The van der Waals surface area contributed by atoms with Crippen LogP contribution in [0.5, 0.6) is 0 Å². The van der Waals surface area contributed by atoms with Gasteiger partial charge in [0.25, 0.3) is 5.69 Å². The molecule has 1 atom stereocenters. The van der Waals surface area contributed by atoms with Crippen molar-refractivity contribution >= 4 is 23.3 Å². The number of nitro groups is 1. The number of anilines is 1. The molecular weight excluding hydrogens is 345 g/mol. The van der Waals surface area contributed by atoms with Crippen molar-refractivity contribution in [2.75, 3.05) is 18.0 Å². The van der Waals surface area contributed by atoms with Crippen LogP contribution in [0.25, 0.3) is 0 Å². The molecule has 2 rings (SSSR count). The zero-order valence-corrected chi connectivity index (χ0v) is 13.1. The molecule has 0 saturated carbocycles. The van der Waals surface area contributed by atoms with Gasteiger partial charge in [0.1, 0.15) is 6.54 Å². The Kier molecular flexibility index (Phi) is 5.14. The Hall–Kier alpha value is -2.85. The smallest absolute Gasteiger partial charge is 0.359 e. The fourth-order valence-corrected chi connectivity index (χ4v) is 2.58. The minimum Gasteiger partial charge on any atom is -0.359 e. The predicted molar refractivity (Wildman–Crippen MR) is 81.2 cm³/mol. The molecule has 1 unspecified atom stereocenters. The average molecular weight is 360 g/mol. The molecule has 0 aromatic heterocycles. The summed E-state index contributed by atoms with van der Waals surface area (Å²) in [5.74, 6) is -0.780. The molecule has 1 heterocycles. The van der Waals surface area contributed by atoms with Gasteiger partial charge in [0.2, 0.25) is 5.91 Å². The zero-order valence-electron chi connectivity index (χ0n) is 13.1. The van der Waals surface area contributed by atoms with Crippen molar-refractivity contribution in [1.82, 2.24) is 10.6 Å². The summed E-state index contributed by atoms with van der Waals surface area (Å²) in [6.07, 6.45) is -4.10. The number of amides is 3. The molecular formula is C14H15F3N4O4. The summed E-state index contributed by atoms with van der Waals surface area (Å²) in [6, 6.07) is 2.84. The summed E-state index contributed by atoms with van der Waals surface area (Å²) in [6.45, 7) is -0.00696. The van der Waals surface area contributed by atoms with Crippen LogP contribution in [0.2, 0.25) is 0 Å². The highest BCUT2D eigenvalue weighted by atomic mass is 19.4. The van der Waals surface area contributed by atoms with Crippen LogP contribution in [-0.2, 0) is 11.2 Å². The van der Waals surface area contributed by atoms with Gasteiger partial charge in [-0.25, -0.2) is 4.79 Å². The summed E-state index contributed by atoms with van der Waals surface area (Å²) in [5, 5.41) is 14.2. The number of alkyl halides is 3. The number of carbonyl (C=O) groups is 2. The average Bonchev–Trinajstić information content (AvgIpc) is 2.79. The van der Waals surface area contributed by atoms with Gasteiger partial charge in [0.05, 0.1) is 11.5 Å². The molecule has 0 radical (unpaired) electrons. The van der Waals surface area contributed by atoms with Crippen LogP contribution in [0, 0.1) is 10.1 Å². The highest BCUT2D eigenvalue weighted by molar-refractivity contribution is 5.96. The van der Waals surface area contributed by atoms with Crippen molar-refractivity contribution in [3.63, 3.8) is 0 Å². The molecule has 3 amide bonds. The van der Waals surface area contributed by atoms with Gasteiger partial charge in [-0.3, -0.25) is 20.2 Å². The highest BCUT2D eigenvalue weighted by Gasteiger charge is 2.30. The van der Waals surface area contributed by atoms with E-state index in [-0.39, 0.29) is 18.3 Å². The third kappa shape index (κ3) is 4.81. The van der Waals surface area contributed by atoms with E-state index in [0.717, 1.165) is 0 Å². The van der Waals surface area contributed by atoms with Crippen molar-refractivity contribution in [2.24, 2.45) is 0 Å². The second-order valence-electron chi connectivity index (χ2n) is 5.60. The third-order valence-corrected chi connectivity index (χ3v) is 3.65. The van der Waals surface area contributed by atoms with E-state index in [4.69, 9.17) is 0 Å². The molecule has 8 nitrogen and oxygen atoms in total. The maximum Gasteiger partial charge on any atom is 0.405 e. The molecule has 136 valence electrons. The van der Waals surface area contributed by atoms with E-state index >= 15 is 0 Å². The SMILES string of the molecule is CC1Cc2cc([N+](=O)[O-])ccc2N1CC(=O)NC(=O)NCC(F)(F)F. The van der Waals surface area contributed by atoms with E-state index in [2.05, 4.69) is 0 Å². The number of nitro benzene ring substituents is 1. The maximum absolute atomic E-state index is 12.0. The number of nitrogens with zero attached hydrogens (tertiary/aromatic N) is 2. The molecule has 11 heteroatoms. The van der Waals surface area contributed by atoms with Crippen LogP contribution >= 0.6 is 0 Å². The number of rotatable bonds is 4. The first kappa shape index (κ1) is 18.5. The molecule has 1 aliphatic rings. The van der Waals surface area contributed by atoms with Gasteiger partial charge in [-0.1, -0.05) is 0 Å². The second kappa shape index (κ2) is 6.95. The van der Waals surface area contributed by atoms with Gasteiger partial charge in [-0.05, 0) is 25.0 Å². The number of hydrogen-bond donors (Lipinski definition) is 2. The largest absolute Gasteiger partial charge is 0.405 e. The van der Waals surface area contributed by atoms with Crippen LogP contribution in [0.4, 0.5) is 29.3 Å². The lowest BCUT2D eigenvalue weighted by molar-refractivity contribution is -0.384. The molecule has 1 aliphatic heterocycles. The normalized spacial score (nSPS) is 16.3. The van der Waals surface area contributed by atoms with Gasteiger partial charge in [-0.15, -0.1) is 0 Å². The van der Waals surface area contributed by atoms with Gasteiger partial charge in [0.15, 0.2) is 0 Å². The number of imide groups is 1. The van der Waals surface area contributed by atoms with E-state index in [1.165, 1.54) is 23.5 Å². The number of urea groups is 1. The van der Waals surface area contributed by atoms with E-state index in [1.807, 2.05) is 5.32 Å². The standard InChI is InChI=1S/C14H15F3N4O4/c1-8-4-9-5-10(21(24)25)2-3-11(9)20(8)6-12(22)19-13(23)18-7-14(15,16)17/h2-3,5,8H,4,6-7H2,1H3,(H2,18,19,22,23). The minimum absolute atomic E-state index is 0.0659. The lowest BCUT2D eigenvalue weighted by atomic mass is 10.1. The second-order valence-corrected chi connectivity index (χ2v) is 5.60. The number of halogens is 3. The van der Waals surface area contributed by atoms with Gasteiger partial charge in [0, 0.05) is 23.9 Å². The van der Waals surface area contributed by atoms with Gasteiger partial charge in [-0.2, -0.15) is 13.2 Å². The number of carbonyl (C=O) groups excluding carboxylic acids is 2. The monoisotopic (exact) mass is 360 g/mol.